The molecule has 7 nitrogen and oxygen atoms in total. The maximum atomic E-state index is 13.3. The van der Waals surface area contributed by atoms with Gasteiger partial charge in [-0.15, -0.1) is 0 Å². The molecule has 8 heteroatoms. The molecular formula is C23H24N4O3S. The third-order valence-corrected chi connectivity index (χ3v) is 6.99. The van der Waals surface area contributed by atoms with E-state index in [4.69, 9.17) is 0 Å². The second-order valence-corrected chi connectivity index (χ2v) is 10.2. The van der Waals surface area contributed by atoms with Crippen molar-refractivity contribution < 1.29 is 13.2 Å². The number of carbonyl (C=O) groups excluding carboxylic acids is 1. The van der Waals surface area contributed by atoms with Crippen LogP contribution in [0.2, 0.25) is 0 Å². The summed E-state index contributed by atoms with van der Waals surface area (Å²) in [6.07, 6.45) is 5.81. The summed E-state index contributed by atoms with van der Waals surface area (Å²) in [6.45, 7) is 0.352. The van der Waals surface area contributed by atoms with Crippen LogP contribution in [-0.2, 0) is 16.4 Å². The van der Waals surface area contributed by atoms with Crippen molar-refractivity contribution in [3.63, 3.8) is 0 Å². The van der Waals surface area contributed by atoms with Crippen LogP contribution in [0.5, 0.6) is 0 Å². The second kappa shape index (κ2) is 8.16. The maximum absolute atomic E-state index is 13.3. The van der Waals surface area contributed by atoms with Crippen molar-refractivity contribution in [2.45, 2.75) is 43.5 Å². The van der Waals surface area contributed by atoms with Gasteiger partial charge < -0.3 is 5.32 Å². The minimum Gasteiger partial charge on any atom is -0.321 e. The molecule has 1 aliphatic rings. The fraction of sp³-hybridized carbons (Fsp3) is 0.348. The number of carbonyl (C=O) groups is 1. The van der Waals surface area contributed by atoms with Gasteiger partial charge in [-0.2, -0.15) is 10.4 Å². The third-order valence-electron chi connectivity index (χ3n) is 5.88. The zero-order valence-corrected chi connectivity index (χ0v) is 18.2. The molecule has 0 saturated heterocycles. The molecule has 1 saturated carbocycles. The lowest BCUT2D eigenvalue weighted by Gasteiger charge is -2.30. The molecule has 1 amide bonds. The summed E-state index contributed by atoms with van der Waals surface area (Å²) >= 11 is 0. The molecule has 2 aromatic carbocycles. The van der Waals surface area contributed by atoms with E-state index in [9.17, 15) is 18.5 Å². The van der Waals surface area contributed by atoms with Crippen LogP contribution in [0.25, 0.3) is 10.9 Å². The number of benzene rings is 2. The smallest absolute Gasteiger partial charge is 0.274 e. The Bertz CT molecular complexity index is 1280. The first-order chi connectivity index (χ1) is 14.8. The Labute approximate surface area is 181 Å². The molecule has 0 spiro atoms. The Balaban J connectivity index is 1.72. The fourth-order valence-electron chi connectivity index (χ4n) is 4.25. The lowest BCUT2D eigenvalue weighted by Crippen LogP contribution is -2.30. The van der Waals surface area contributed by atoms with Gasteiger partial charge in [-0.3, -0.25) is 9.48 Å². The third kappa shape index (κ3) is 4.32. The zero-order valence-electron chi connectivity index (χ0n) is 17.3. The van der Waals surface area contributed by atoms with E-state index < -0.39 is 15.3 Å². The molecule has 1 fully saturated rings. The van der Waals surface area contributed by atoms with Crippen LogP contribution < -0.4 is 5.32 Å². The molecule has 0 unspecified atom stereocenters. The van der Waals surface area contributed by atoms with Gasteiger partial charge in [0.05, 0.1) is 28.4 Å². The average molecular weight is 437 g/mol. The number of hydrogen-bond acceptors (Lipinski definition) is 5. The number of nitrogens with one attached hydrogen (secondary N) is 1. The first-order valence-corrected chi connectivity index (χ1v) is 12.2. The van der Waals surface area contributed by atoms with Gasteiger partial charge in [0.1, 0.15) is 5.69 Å². The molecule has 1 aliphatic carbocycles. The summed E-state index contributed by atoms with van der Waals surface area (Å²) < 4.78 is 25.4. The summed E-state index contributed by atoms with van der Waals surface area (Å²) in [5, 5.41) is 18.0. The van der Waals surface area contributed by atoms with Crippen LogP contribution in [0.4, 0.5) is 5.69 Å². The molecule has 1 aromatic heterocycles. The number of anilines is 1. The lowest BCUT2D eigenvalue weighted by molar-refractivity contribution is 0.101. The van der Waals surface area contributed by atoms with Crippen LogP contribution in [-0.4, -0.2) is 30.4 Å². The first kappa shape index (κ1) is 21.1. The summed E-state index contributed by atoms with van der Waals surface area (Å²) in [6, 6.07) is 16.0. The van der Waals surface area contributed by atoms with E-state index in [2.05, 4.69) is 16.5 Å². The maximum Gasteiger partial charge on any atom is 0.274 e. The van der Waals surface area contributed by atoms with Crippen molar-refractivity contribution in [2.75, 3.05) is 11.6 Å². The molecule has 1 heterocycles. The number of nitrogens with zero attached hydrogens (tertiary/aromatic N) is 3. The molecule has 0 bridgehead atoms. The van der Waals surface area contributed by atoms with Gasteiger partial charge in [-0.1, -0.05) is 43.5 Å². The number of aromatic nitrogens is 2. The van der Waals surface area contributed by atoms with Gasteiger partial charge in [0.15, 0.2) is 9.84 Å². The van der Waals surface area contributed by atoms with Crippen molar-refractivity contribution >= 4 is 32.3 Å². The quantitative estimate of drug-likeness (QED) is 0.646. The van der Waals surface area contributed by atoms with E-state index in [0.717, 1.165) is 38.4 Å². The molecule has 31 heavy (non-hydrogen) atoms. The largest absolute Gasteiger partial charge is 0.321 e. The highest BCUT2D eigenvalue weighted by Gasteiger charge is 2.34. The number of sulfone groups is 1. The van der Waals surface area contributed by atoms with Crippen molar-refractivity contribution in [3.8, 4) is 6.07 Å². The minimum atomic E-state index is -3.39. The standard InChI is InChI=1S/C23H24N4O3S/c1-31(29,30)18-9-7-8-17(14-18)25-22(28)21-19-10-3-4-11-20(19)26-27(21)16-23(15-24)12-5-2-6-13-23/h3-4,7-11,14H,2,5-6,12-13,16H2,1H3,(H,25,28). The van der Waals surface area contributed by atoms with Crippen LogP contribution in [0, 0.1) is 16.7 Å². The number of fused-ring (bicyclic) bond motifs is 1. The monoisotopic (exact) mass is 436 g/mol. The first-order valence-electron chi connectivity index (χ1n) is 10.3. The average Bonchev–Trinajstić information content (AvgIpc) is 3.11. The van der Waals surface area contributed by atoms with Crippen LogP contribution in [0.1, 0.15) is 42.6 Å². The zero-order chi connectivity index (χ0) is 22.1. The van der Waals surface area contributed by atoms with E-state index >= 15 is 0 Å². The molecule has 3 aromatic rings. The van der Waals surface area contributed by atoms with Crippen molar-refractivity contribution in [1.82, 2.24) is 9.78 Å². The molecule has 0 radical (unpaired) electrons. The number of rotatable bonds is 5. The molecular weight excluding hydrogens is 412 g/mol. The highest BCUT2D eigenvalue weighted by Crippen LogP contribution is 2.38. The summed E-state index contributed by atoms with van der Waals surface area (Å²) in [5.74, 6) is -0.386. The minimum absolute atomic E-state index is 0.134. The van der Waals surface area contributed by atoms with Crippen molar-refractivity contribution in [2.24, 2.45) is 5.41 Å². The lowest BCUT2D eigenvalue weighted by atomic mass is 9.75. The Morgan fingerprint density at radius 2 is 1.90 bits per heavy atom. The summed E-state index contributed by atoms with van der Waals surface area (Å²) in [7, 11) is -3.39. The topological polar surface area (TPSA) is 105 Å². The van der Waals surface area contributed by atoms with Crippen LogP contribution in [0.15, 0.2) is 53.4 Å². The van der Waals surface area contributed by atoms with Crippen LogP contribution >= 0.6 is 0 Å². The molecule has 0 aliphatic heterocycles. The number of nitriles is 1. The van der Waals surface area contributed by atoms with Gasteiger partial charge >= 0.3 is 0 Å². The van der Waals surface area contributed by atoms with Gasteiger partial charge in [0.2, 0.25) is 0 Å². The summed E-state index contributed by atoms with van der Waals surface area (Å²) in [4.78, 5) is 13.4. The highest BCUT2D eigenvalue weighted by molar-refractivity contribution is 7.90. The highest BCUT2D eigenvalue weighted by atomic mass is 32.2. The Hall–Kier alpha value is -3.18. The second-order valence-electron chi connectivity index (χ2n) is 8.23. The van der Waals surface area contributed by atoms with Crippen molar-refractivity contribution in [1.29, 1.82) is 5.26 Å². The molecule has 1 N–H and O–H groups in total. The predicted octanol–water partition coefficient (Wildman–Crippen LogP) is 4.17. The van der Waals surface area contributed by atoms with Gasteiger partial charge in [0.25, 0.3) is 5.91 Å². The van der Waals surface area contributed by atoms with Gasteiger partial charge in [-0.25, -0.2) is 8.42 Å². The van der Waals surface area contributed by atoms with E-state index in [0.29, 0.717) is 28.8 Å². The fourth-order valence-corrected chi connectivity index (χ4v) is 4.92. The Morgan fingerprint density at radius 3 is 2.61 bits per heavy atom. The van der Waals surface area contributed by atoms with E-state index in [1.807, 2.05) is 24.3 Å². The number of hydrogen-bond donors (Lipinski definition) is 1. The van der Waals surface area contributed by atoms with Gasteiger partial charge in [-0.05, 0) is 37.1 Å². The van der Waals surface area contributed by atoms with E-state index in [1.165, 1.54) is 12.1 Å². The van der Waals surface area contributed by atoms with Crippen molar-refractivity contribution in [3.05, 3.63) is 54.2 Å². The number of amides is 1. The van der Waals surface area contributed by atoms with E-state index in [1.54, 1.807) is 16.8 Å². The van der Waals surface area contributed by atoms with Gasteiger partial charge in [0, 0.05) is 17.3 Å². The predicted molar refractivity (Wildman–Crippen MR) is 118 cm³/mol. The molecule has 0 atom stereocenters. The Kier molecular flexibility index (Phi) is 5.54. The molecule has 160 valence electrons. The van der Waals surface area contributed by atoms with E-state index in [-0.39, 0.29) is 10.8 Å². The normalized spacial score (nSPS) is 16.0. The molecule has 4 rings (SSSR count). The van der Waals surface area contributed by atoms with Crippen LogP contribution in [0.3, 0.4) is 0 Å². The Morgan fingerprint density at radius 1 is 1.16 bits per heavy atom. The summed E-state index contributed by atoms with van der Waals surface area (Å²) in [5.41, 5.74) is 0.908. The SMILES string of the molecule is CS(=O)(=O)c1cccc(NC(=O)c2c3ccccc3nn2CC2(C#N)CCCCC2)c1.